The van der Waals surface area contributed by atoms with Crippen LogP contribution in [-0.2, 0) is 9.59 Å². The van der Waals surface area contributed by atoms with Crippen LogP contribution in [0.25, 0.3) is 11.0 Å². The van der Waals surface area contributed by atoms with E-state index in [1.807, 2.05) is 0 Å². The molecule has 1 aromatic heterocycles. The zero-order chi connectivity index (χ0) is 22.4. The molecule has 1 fully saturated rings. The van der Waals surface area contributed by atoms with E-state index in [1.54, 1.807) is 66.7 Å². The maximum Gasteiger partial charge on any atom is 0.255 e. The number of halogens is 3. The average molecular weight is 486 g/mol. The summed E-state index contributed by atoms with van der Waals surface area (Å²) in [6, 6.07) is 16.8. The van der Waals surface area contributed by atoms with Crippen molar-refractivity contribution in [3.05, 3.63) is 93.2 Å². The van der Waals surface area contributed by atoms with Crippen molar-refractivity contribution < 1.29 is 9.59 Å². The van der Waals surface area contributed by atoms with Crippen molar-refractivity contribution in [2.75, 3.05) is 4.90 Å². The Morgan fingerprint density at radius 1 is 0.812 bits per heavy atom. The van der Waals surface area contributed by atoms with Crippen molar-refractivity contribution in [3.63, 3.8) is 0 Å². The van der Waals surface area contributed by atoms with Gasteiger partial charge in [0.25, 0.3) is 11.8 Å². The third-order valence-corrected chi connectivity index (χ3v) is 6.05. The SMILES string of the molecule is O=C1NC(c2ccc(Cl)cc2)C(=O)N(c2ccc(Cl)cc2)C1c1nc2ccc(Cl)cc2[nH]1. The molecule has 2 atom stereocenters. The number of benzene rings is 3. The van der Waals surface area contributed by atoms with Gasteiger partial charge in [0.05, 0.1) is 11.0 Å². The number of hydrogen-bond donors (Lipinski definition) is 2. The topological polar surface area (TPSA) is 78.1 Å². The van der Waals surface area contributed by atoms with Gasteiger partial charge in [-0.3, -0.25) is 14.5 Å². The van der Waals surface area contributed by atoms with Crippen LogP contribution >= 0.6 is 34.8 Å². The second kappa shape index (κ2) is 8.13. The fourth-order valence-electron chi connectivity index (χ4n) is 3.80. The molecule has 0 saturated carbocycles. The molecule has 0 spiro atoms. The van der Waals surface area contributed by atoms with Crippen molar-refractivity contribution in [3.8, 4) is 0 Å². The largest absolute Gasteiger partial charge is 0.340 e. The number of hydrogen-bond acceptors (Lipinski definition) is 3. The van der Waals surface area contributed by atoms with E-state index in [1.165, 1.54) is 4.90 Å². The molecule has 5 rings (SSSR count). The minimum atomic E-state index is -1.00. The van der Waals surface area contributed by atoms with Gasteiger partial charge in [-0.05, 0) is 60.2 Å². The number of carbonyl (C=O) groups excluding carboxylic acids is 2. The predicted molar refractivity (Wildman–Crippen MR) is 125 cm³/mol. The Hall–Kier alpha value is -3.06. The quantitative estimate of drug-likeness (QED) is 0.404. The lowest BCUT2D eigenvalue weighted by Crippen LogP contribution is -2.55. The van der Waals surface area contributed by atoms with Gasteiger partial charge < -0.3 is 10.3 Å². The number of nitrogens with zero attached hydrogens (tertiary/aromatic N) is 2. The van der Waals surface area contributed by atoms with Crippen molar-refractivity contribution in [1.29, 1.82) is 0 Å². The van der Waals surface area contributed by atoms with E-state index in [4.69, 9.17) is 34.8 Å². The summed E-state index contributed by atoms with van der Waals surface area (Å²) < 4.78 is 0. The summed E-state index contributed by atoms with van der Waals surface area (Å²) in [5, 5.41) is 4.43. The van der Waals surface area contributed by atoms with E-state index < -0.39 is 12.1 Å². The molecule has 1 saturated heterocycles. The highest BCUT2D eigenvalue weighted by molar-refractivity contribution is 6.31. The molecule has 2 N–H and O–H groups in total. The first-order valence-electron chi connectivity index (χ1n) is 9.70. The van der Waals surface area contributed by atoms with Gasteiger partial charge in [0.1, 0.15) is 11.9 Å². The number of aromatic nitrogens is 2. The summed E-state index contributed by atoms with van der Waals surface area (Å²) >= 11 is 18.1. The highest BCUT2D eigenvalue weighted by atomic mass is 35.5. The third-order valence-electron chi connectivity index (χ3n) is 5.31. The molecule has 0 bridgehead atoms. The first-order chi connectivity index (χ1) is 15.4. The van der Waals surface area contributed by atoms with Gasteiger partial charge in [-0.2, -0.15) is 0 Å². The molecule has 1 aliphatic rings. The molecule has 32 heavy (non-hydrogen) atoms. The molecule has 0 radical (unpaired) electrons. The van der Waals surface area contributed by atoms with E-state index in [0.717, 1.165) is 0 Å². The number of carbonyl (C=O) groups is 2. The third kappa shape index (κ3) is 3.71. The Morgan fingerprint density at radius 2 is 1.44 bits per heavy atom. The first-order valence-corrected chi connectivity index (χ1v) is 10.8. The number of imidazole rings is 1. The van der Waals surface area contributed by atoms with Crippen molar-refractivity contribution >= 4 is 63.3 Å². The smallest absolute Gasteiger partial charge is 0.255 e. The van der Waals surface area contributed by atoms with E-state index in [0.29, 0.717) is 43.2 Å². The van der Waals surface area contributed by atoms with Crippen LogP contribution in [0.2, 0.25) is 15.1 Å². The zero-order valence-electron chi connectivity index (χ0n) is 16.4. The molecule has 2 unspecified atom stereocenters. The van der Waals surface area contributed by atoms with Gasteiger partial charge >= 0.3 is 0 Å². The van der Waals surface area contributed by atoms with Gasteiger partial charge in [-0.15, -0.1) is 0 Å². The maximum atomic E-state index is 13.7. The molecule has 4 aromatic rings. The number of fused-ring (bicyclic) bond motifs is 1. The van der Waals surface area contributed by atoms with Crippen LogP contribution in [-0.4, -0.2) is 21.8 Å². The highest BCUT2D eigenvalue weighted by Crippen LogP contribution is 2.35. The highest BCUT2D eigenvalue weighted by Gasteiger charge is 2.44. The number of rotatable bonds is 3. The minimum Gasteiger partial charge on any atom is -0.340 e. The van der Waals surface area contributed by atoms with Crippen LogP contribution in [0.3, 0.4) is 0 Å². The molecule has 3 aromatic carbocycles. The Bertz CT molecular complexity index is 1340. The predicted octanol–water partition coefficient (Wildman–Crippen LogP) is 5.47. The lowest BCUT2D eigenvalue weighted by Gasteiger charge is -2.38. The standard InChI is InChI=1S/C23H15Cl3N4O2/c24-13-3-1-12(2-4-13)19-23(32)30(16-8-5-14(25)6-9-16)20(22(31)29-19)21-27-17-10-7-15(26)11-18(17)28-21/h1-11,19-20H,(H,27,28)(H,29,31). The second-order valence-electron chi connectivity index (χ2n) is 7.36. The molecule has 9 heteroatoms. The Labute approximate surface area is 198 Å². The average Bonchev–Trinajstić information content (AvgIpc) is 3.19. The molecule has 0 aliphatic carbocycles. The molecular weight excluding hydrogens is 471 g/mol. The van der Waals surface area contributed by atoms with Crippen LogP contribution in [0, 0.1) is 0 Å². The fraction of sp³-hybridized carbons (Fsp3) is 0.0870. The van der Waals surface area contributed by atoms with Crippen LogP contribution in [0.5, 0.6) is 0 Å². The summed E-state index contributed by atoms with van der Waals surface area (Å²) in [5.74, 6) is -0.347. The van der Waals surface area contributed by atoms with Crippen molar-refractivity contribution in [2.45, 2.75) is 12.1 Å². The van der Waals surface area contributed by atoms with Gasteiger partial charge in [-0.25, -0.2) is 4.98 Å². The van der Waals surface area contributed by atoms with Crippen LogP contribution in [0.1, 0.15) is 23.5 Å². The second-order valence-corrected chi connectivity index (χ2v) is 8.67. The van der Waals surface area contributed by atoms with Gasteiger partial charge in [-0.1, -0.05) is 46.9 Å². The molecule has 6 nitrogen and oxygen atoms in total. The van der Waals surface area contributed by atoms with E-state index in [-0.39, 0.29) is 11.8 Å². The number of amides is 2. The van der Waals surface area contributed by atoms with Crippen LogP contribution < -0.4 is 10.2 Å². The Morgan fingerprint density at radius 3 is 2.12 bits per heavy atom. The lowest BCUT2D eigenvalue weighted by molar-refractivity contribution is -0.134. The lowest BCUT2D eigenvalue weighted by atomic mass is 9.99. The Kier molecular flexibility index (Phi) is 5.29. The monoisotopic (exact) mass is 484 g/mol. The van der Waals surface area contributed by atoms with Crippen molar-refractivity contribution in [2.24, 2.45) is 0 Å². The minimum absolute atomic E-state index is 0.308. The molecule has 2 amide bonds. The number of nitrogens with one attached hydrogen (secondary N) is 2. The summed E-state index contributed by atoms with van der Waals surface area (Å²) in [5.41, 5.74) is 2.46. The number of aromatic amines is 1. The summed E-state index contributed by atoms with van der Waals surface area (Å²) in [4.78, 5) is 36.1. The zero-order valence-corrected chi connectivity index (χ0v) is 18.6. The first kappa shape index (κ1) is 20.8. The van der Waals surface area contributed by atoms with Gasteiger partial charge in [0.2, 0.25) is 0 Å². The normalized spacial score (nSPS) is 18.8. The van der Waals surface area contributed by atoms with Crippen molar-refractivity contribution in [1.82, 2.24) is 15.3 Å². The number of anilines is 1. The fourth-order valence-corrected chi connectivity index (χ4v) is 4.23. The summed E-state index contributed by atoms with van der Waals surface area (Å²) in [7, 11) is 0. The van der Waals surface area contributed by atoms with Gasteiger partial charge in [0.15, 0.2) is 6.04 Å². The van der Waals surface area contributed by atoms with E-state index in [2.05, 4.69) is 15.3 Å². The van der Waals surface area contributed by atoms with E-state index in [9.17, 15) is 9.59 Å². The Balaban J connectivity index is 1.62. The molecule has 1 aliphatic heterocycles. The van der Waals surface area contributed by atoms with E-state index >= 15 is 0 Å². The van der Waals surface area contributed by atoms with Gasteiger partial charge in [0, 0.05) is 20.8 Å². The number of H-pyrrole nitrogens is 1. The van der Waals surface area contributed by atoms with Crippen LogP contribution in [0.4, 0.5) is 5.69 Å². The molecule has 2 heterocycles. The molecular formula is C23H15Cl3N4O2. The molecule has 160 valence electrons. The summed E-state index contributed by atoms with van der Waals surface area (Å²) in [6.07, 6.45) is 0. The van der Waals surface area contributed by atoms with Crippen LogP contribution in [0.15, 0.2) is 66.7 Å². The maximum absolute atomic E-state index is 13.7. The summed E-state index contributed by atoms with van der Waals surface area (Å²) in [6.45, 7) is 0. The number of piperazine rings is 1.